The number of rotatable bonds is 6. The van der Waals surface area contributed by atoms with Gasteiger partial charge in [-0.1, -0.05) is 11.2 Å². The summed E-state index contributed by atoms with van der Waals surface area (Å²) in [5.74, 6) is -0.0692. The minimum absolute atomic E-state index is 0.0930. The van der Waals surface area contributed by atoms with E-state index in [9.17, 15) is 18.0 Å². The van der Waals surface area contributed by atoms with Crippen LogP contribution in [0.25, 0.3) is 10.7 Å². The molecule has 27 heavy (non-hydrogen) atoms. The van der Waals surface area contributed by atoms with Crippen LogP contribution in [-0.4, -0.2) is 65.0 Å². The monoisotopic (exact) mass is 410 g/mol. The molecule has 0 atom stereocenters. The molecular weight excluding hydrogens is 392 g/mol. The van der Waals surface area contributed by atoms with Crippen molar-refractivity contribution in [1.29, 1.82) is 0 Å². The molecule has 0 radical (unpaired) electrons. The lowest BCUT2D eigenvalue weighted by Crippen LogP contribution is -2.51. The molecule has 2 aromatic rings. The SMILES string of the molecule is O=C1CCCC(=O)N1CCS(=O)(=O)N1CC(c2nc(-c3cccs3)no2)C1. The lowest BCUT2D eigenvalue weighted by atomic mass is 10.0. The van der Waals surface area contributed by atoms with Crippen molar-refractivity contribution in [2.24, 2.45) is 0 Å². The van der Waals surface area contributed by atoms with Crippen molar-refractivity contribution < 1.29 is 22.5 Å². The number of sulfonamides is 1. The van der Waals surface area contributed by atoms with E-state index in [1.807, 2.05) is 17.5 Å². The van der Waals surface area contributed by atoms with Gasteiger partial charge < -0.3 is 4.52 Å². The molecule has 2 aliphatic heterocycles. The summed E-state index contributed by atoms with van der Waals surface area (Å²) in [6, 6.07) is 3.78. The highest BCUT2D eigenvalue weighted by Crippen LogP contribution is 2.30. The van der Waals surface area contributed by atoms with Crippen LogP contribution in [0, 0.1) is 0 Å². The quantitative estimate of drug-likeness (QED) is 0.654. The van der Waals surface area contributed by atoms with Gasteiger partial charge in [0.2, 0.25) is 33.6 Å². The molecule has 0 bridgehead atoms. The molecule has 11 heteroatoms. The molecular formula is C16H18N4O5S2. The molecule has 2 aromatic heterocycles. The van der Waals surface area contributed by atoms with Gasteiger partial charge in [0.25, 0.3) is 0 Å². The molecule has 0 spiro atoms. The predicted molar refractivity (Wildman–Crippen MR) is 96.3 cm³/mol. The Morgan fingerprint density at radius 2 is 1.96 bits per heavy atom. The Labute approximate surface area is 160 Å². The van der Waals surface area contributed by atoms with Crippen molar-refractivity contribution in [3.05, 3.63) is 23.4 Å². The van der Waals surface area contributed by atoms with E-state index >= 15 is 0 Å². The first kappa shape index (κ1) is 18.3. The average molecular weight is 410 g/mol. The van der Waals surface area contributed by atoms with Gasteiger partial charge in [0.05, 0.1) is 16.5 Å². The summed E-state index contributed by atoms with van der Waals surface area (Å²) in [6.45, 7) is 0.427. The van der Waals surface area contributed by atoms with Gasteiger partial charge in [-0.2, -0.15) is 4.98 Å². The van der Waals surface area contributed by atoms with E-state index in [1.54, 1.807) is 0 Å². The molecule has 2 saturated heterocycles. The van der Waals surface area contributed by atoms with Crippen molar-refractivity contribution in [3.8, 4) is 10.7 Å². The molecule has 4 heterocycles. The molecule has 4 rings (SSSR count). The number of thiophene rings is 1. The van der Waals surface area contributed by atoms with Gasteiger partial charge in [0.15, 0.2) is 0 Å². The summed E-state index contributed by atoms with van der Waals surface area (Å²) in [7, 11) is -3.55. The highest BCUT2D eigenvalue weighted by atomic mass is 32.2. The van der Waals surface area contributed by atoms with E-state index in [0.29, 0.717) is 31.0 Å². The standard InChI is InChI=1S/C16H18N4O5S2/c21-13-4-1-5-14(22)20(13)6-8-27(23,24)19-9-11(10-19)16-17-15(18-25-16)12-3-2-7-26-12/h2-3,7,11H,1,4-6,8-10H2. The number of likely N-dealkylation sites (tertiary alicyclic amines) is 1. The summed E-state index contributed by atoms with van der Waals surface area (Å²) in [4.78, 5) is 29.9. The highest BCUT2D eigenvalue weighted by molar-refractivity contribution is 7.89. The minimum atomic E-state index is -3.55. The van der Waals surface area contributed by atoms with Crippen LogP contribution in [0.15, 0.2) is 22.0 Å². The summed E-state index contributed by atoms with van der Waals surface area (Å²) in [5.41, 5.74) is 0. The Bertz CT molecular complexity index is 931. The van der Waals surface area contributed by atoms with E-state index < -0.39 is 10.0 Å². The summed E-state index contributed by atoms with van der Waals surface area (Å²) >= 11 is 1.50. The number of hydrogen-bond acceptors (Lipinski definition) is 8. The first-order chi connectivity index (χ1) is 12.9. The van der Waals surface area contributed by atoms with Crippen LogP contribution in [0.4, 0.5) is 0 Å². The molecule has 2 aliphatic rings. The summed E-state index contributed by atoms with van der Waals surface area (Å²) < 4.78 is 31.5. The van der Waals surface area contributed by atoms with Crippen LogP contribution in [0.5, 0.6) is 0 Å². The fourth-order valence-electron chi connectivity index (χ4n) is 3.11. The molecule has 0 aromatic carbocycles. The summed E-state index contributed by atoms with van der Waals surface area (Å²) in [6.07, 6.45) is 1.12. The van der Waals surface area contributed by atoms with E-state index in [2.05, 4.69) is 10.1 Å². The fraction of sp³-hybridized carbons (Fsp3) is 0.500. The van der Waals surface area contributed by atoms with E-state index in [1.165, 1.54) is 15.6 Å². The molecule has 9 nitrogen and oxygen atoms in total. The zero-order valence-corrected chi connectivity index (χ0v) is 16.0. The Morgan fingerprint density at radius 1 is 1.22 bits per heavy atom. The number of imide groups is 1. The van der Waals surface area contributed by atoms with Crippen LogP contribution in [-0.2, 0) is 19.6 Å². The normalized spacial score (nSPS) is 19.5. The van der Waals surface area contributed by atoms with Crippen molar-refractivity contribution >= 4 is 33.2 Å². The number of carbonyl (C=O) groups is 2. The second-order valence-corrected chi connectivity index (χ2v) is 9.59. The van der Waals surface area contributed by atoms with Gasteiger partial charge >= 0.3 is 0 Å². The van der Waals surface area contributed by atoms with Crippen LogP contribution in [0.1, 0.15) is 31.1 Å². The maximum Gasteiger partial charge on any atom is 0.232 e. The third kappa shape index (κ3) is 3.66. The van der Waals surface area contributed by atoms with Gasteiger partial charge in [0.1, 0.15) is 0 Å². The molecule has 0 saturated carbocycles. The van der Waals surface area contributed by atoms with E-state index in [0.717, 1.165) is 9.78 Å². The molecule has 0 N–H and O–H groups in total. The number of nitrogens with zero attached hydrogens (tertiary/aromatic N) is 4. The van der Waals surface area contributed by atoms with Gasteiger partial charge in [-0.15, -0.1) is 11.3 Å². The Kier molecular flexibility index (Phi) is 4.82. The Balaban J connectivity index is 1.33. The summed E-state index contributed by atoms with van der Waals surface area (Å²) in [5, 5.41) is 5.86. The smallest absolute Gasteiger partial charge is 0.232 e. The third-order valence-corrected chi connectivity index (χ3v) is 7.38. The first-order valence-corrected chi connectivity index (χ1v) is 11.1. The van der Waals surface area contributed by atoms with Crippen LogP contribution in [0.2, 0.25) is 0 Å². The lowest BCUT2D eigenvalue weighted by molar-refractivity contribution is -0.147. The highest BCUT2D eigenvalue weighted by Gasteiger charge is 2.40. The predicted octanol–water partition coefficient (Wildman–Crippen LogP) is 1.07. The molecule has 2 fully saturated rings. The molecule has 0 aliphatic carbocycles. The maximum absolute atomic E-state index is 12.4. The van der Waals surface area contributed by atoms with Gasteiger partial charge in [-0.05, 0) is 17.9 Å². The minimum Gasteiger partial charge on any atom is -0.339 e. The van der Waals surface area contributed by atoms with Gasteiger partial charge in [0, 0.05) is 32.5 Å². The number of aromatic nitrogens is 2. The number of hydrogen-bond donors (Lipinski definition) is 0. The van der Waals surface area contributed by atoms with Crippen LogP contribution < -0.4 is 0 Å². The number of amides is 2. The number of piperidine rings is 1. The van der Waals surface area contributed by atoms with E-state index in [4.69, 9.17) is 4.52 Å². The second-order valence-electron chi connectivity index (χ2n) is 6.56. The van der Waals surface area contributed by atoms with Crippen molar-refractivity contribution in [1.82, 2.24) is 19.3 Å². The number of carbonyl (C=O) groups excluding carboxylic acids is 2. The molecule has 2 amide bonds. The Morgan fingerprint density at radius 3 is 2.63 bits per heavy atom. The topological polar surface area (TPSA) is 114 Å². The zero-order valence-electron chi connectivity index (χ0n) is 14.4. The van der Waals surface area contributed by atoms with Crippen molar-refractivity contribution in [3.63, 3.8) is 0 Å². The van der Waals surface area contributed by atoms with Crippen molar-refractivity contribution in [2.45, 2.75) is 25.2 Å². The van der Waals surface area contributed by atoms with Crippen LogP contribution in [0.3, 0.4) is 0 Å². The fourth-order valence-corrected chi connectivity index (χ4v) is 5.25. The lowest BCUT2D eigenvalue weighted by Gasteiger charge is -2.36. The third-order valence-electron chi connectivity index (χ3n) is 4.73. The first-order valence-electron chi connectivity index (χ1n) is 8.62. The largest absolute Gasteiger partial charge is 0.339 e. The zero-order chi connectivity index (χ0) is 19.0. The van der Waals surface area contributed by atoms with Crippen LogP contribution >= 0.6 is 11.3 Å². The van der Waals surface area contributed by atoms with Crippen molar-refractivity contribution in [2.75, 3.05) is 25.4 Å². The maximum atomic E-state index is 12.4. The average Bonchev–Trinajstić information content (AvgIpc) is 3.24. The second kappa shape index (κ2) is 7.13. The van der Waals surface area contributed by atoms with E-state index in [-0.39, 0.29) is 43.1 Å². The molecule has 0 unspecified atom stereocenters. The molecule has 144 valence electrons. The van der Waals surface area contributed by atoms with Gasteiger partial charge in [-0.3, -0.25) is 14.5 Å². The van der Waals surface area contributed by atoms with Gasteiger partial charge in [-0.25, -0.2) is 12.7 Å². The Hall–Kier alpha value is -2.11.